The number of carboxylic acid groups (broad SMARTS) is 1. The van der Waals surface area contributed by atoms with Crippen molar-refractivity contribution < 1.29 is 38.2 Å². The summed E-state index contributed by atoms with van der Waals surface area (Å²) in [4.78, 5) is 36.9. The van der Waals surface area contributed by atoms with E-state index in [1.54, 1.807) is 21.1 Å². The minimum atomic E-state index is -1.13. The number of carbonyl (C=O) groups excluding carboxylic acids is 3. The molecule has 2 atom stereocenters. The fourth-order valence-corrected chi connectivity index (χ4v) is 6.72. The van der Waals surface area contributed by atoms with E-state index in [-0.39, 0.29) is 42.7 Å². The first kappa shape index (κ1) is 55.3. The quantitative estimate of drug-likeness (QED) is 0.0262. The highest BCUT2D eigenvalue weighted by atomic mass is 16.6. The van der Waals surface area contributed by atoms with Crippen molar-refractivity contribution in [2.75, 3.05) is 41.0 Å². The van der Waals surface area contributed by atoms with Crippen LogP contribution in [0.2, 0.25) is 0 Å². The van der Waals surface area contributed by atoms with Gasteiger partial charge in [0.25, 0.3) is 0 Å². The third-order valence-corrected chi connectivity index (χ3v) is 10.4. The highest BCUT2D eigenvalue weighted by Gasteiger charge is 2.25. The Balaban J connectivity index is 4.32. The molecule has 8 heteroatoms. The molecule has 58 heavy (non-hydrogen) atoms. The number of likely N-dealkylation sites (N-methyl/N-ethyl adjacent to an activating group) is 1. The molecule has 0 heterocycles. The van der Waals surface area contributed by atoms with Crippen molar-refractivity contribution in [2.45, 2.75) is 212 Å². The van der Waals surface area contributed by atoms with E-state index in [4.69, 9.17) is 14.2 Å². The van der Waals surface area contributed by atoms with Crippen LogP contribution in [0.1, 0.15) is 200 Å². The topological polar surface area (TPSA) is 102 Å². The van der Waals surface area contributed by atoms with Gasteiger partial charge in [-0.15, -0.1) is 0 Å². The van der Waals surface area contributed by atoms with Gasteiger partial charge in [-0.25, -0.2) is 0 Å². The number of hydrogen-bond acceptors (Lipinski definition) is 7. The Morgan fingerprint density at radius 1 is 0.517 bits per heavy atom. The number of esters is 2. The second kappa shape index (κ2) is 41.0. The smallest absolute Gasteiger partial charge is 0.306 e. The summed E-state index contributed by atoms with van der Waals surface area (Å²) in [6.07, 6.45) is 48.4. The second-order valence-electron chi connectivity index (χ2n) is 17.0. The van der Waals surface area contributed by atoms with E-state index in [0.29, 0.717) is 12.8 Å². The van der Waals surface area contributed by atoms with Crippen molar-refractivity contribution in [2.24, 2.45) is 0 Å². The van der Waals surface area contributed by atoms with Gasteiger partial charge in [-0.2, -0.15) is 0 Å². The SMILES string of the molecule is CCCCC/C=C\C/C=C\CCCCCCCCCCCC(=O)OC(COCCC(C(=O)[O-])[N+](C)(C)C)COC(=O)CCCCCCC/C=C\C/C=C\CCCCC. The van der Waals surface area contributed by atoms with E-state index in [1.807, 2.05) is 0 Å². The van der Waals surface area contributed by atoms with E-state index in [1.165, 1.54) is 96.3 Å². The Bertz CT molecular complexity index is 1090. The maximum atomic E-state index is 12.7. The van der Waals surface area contributed by atoms with Crippen LogP contribution in [0, 0.1) is 0 Å². The first-order chi connectivity index (χ1) is 28.1. The molecule has 0 saturated heterocycles. The predicted molar refractivity (Wildman–Crippen MR) is 240 cm³/mol. The maximum absolute atomic E-state index is 12.7. The number of unbranched alkanes of at least 4 members (excludes halogenated alkanes) is 20. The molecule has 0 aliphatic rings. The van der Waals surface area contributed by atoms with Crippen LogP contribution >= 0.6 is 0 Å². The van der Waals surface area contributed by atoms with E-state index in [2.05, 4.69) is 62.5 Å². The molecule has 0 aliphatic heterocycles. The van der Waals surface area contributed by atoms with E-state index in [0.717, 1.165) is 70.6 Å². The van der Waals surface area contributed by atoms with Gasteiger partial charge in [0.2, 0.25) is 0 Å². The Labute approximate surface area is 356 Å². The van der Waals surface area contributed by atoms with Crippen LogP contribution in [0.15, 0.2) is 48.6 Å². The fourth-order valence-electron chi connectivity index (χ4n) is 6.72. The summed E-state index contributed by atoms with van der Waals surface area (Å²) in [6.45, 7) is 4.60. The van der Waals surface area contributed by atoms with Crippen LogP contribution in [0.3, 0.4) is 0 Å². The van der Waals surface area contributed by atoms with Crippen molar-refractivity contribution in [3.05, 3.63) is 48.6 Å². The van der Waals surface area contributed by atoms with Crippen LogP contribution < -0.4 is 5.11 Å². The van der Waals surface area contributed by atoms with Gasteiger partial charge in [-0.3, -0.25) is 9.59 Å². The van der Waals surface area contributed by atoms with Crippen molar-refractivity contribution >= 4 is 17.9 Å². The molecule has 0 fully saturated rings. The summed E-state index contributed by atoms with van der Waals surface area (Å²) in [5.74, 6) is -1.76. The Morgan fingerprint density at radius 3 is 1.33 bits per heavy atom. The van der Waals surface area contributed by atoms with Crippen molar-refractivity contribution in [1.82, 2.24) is 0 Å². The molecule has 0 aliphatic carbocycles. The summed E-state index contributed by atoms with van der Waals surface area (Å²) in [5, 5.41) is 11.6. The van der Waals surface area contributed by atoms with Crippen molar-refractivity contribution in [3.63, 3.8) is 0 Å². The molecule has 0 aromatic carbocycles. The third-order valence-electron chi connectivity index (χ3n) is 10.4. The molecular weight excluding hydrogens is 727 g/mol. The van der Waals surface area contributed by atoms with Crippen molar-refractivity contribution in [3.8, 4) is 0 Å². The van der Waals surface area contributed by atoms with Crippen LogP contribution in [0.4, 0.5) is 0 Å². The third kappa shape index (κ3) is 38.8. The summed E-state index contributed by atoms with van der Waals surface area (Å²) in [7, 11) is 5.40. The number of aliphatic carboxylic acids is 1. The van der Waals surface area contributed by atoms with Crippen LogP contribution in [-0.4, -0.2) is 75.5 Å². The summed E-state index contributed by atoms with van der Waals surface area (Å²) >= 11 is 0. The lowest BCUT2D eigenvalue weighted by Gasteiger charge is -2.34. The molecule has 8 nitrogen and oxygen atoms in total. The van der Waals surface area contributed by atoms with Crippen molar-refractivity contribution in [1.29, 1.82) is 0 Å². The monoisotopic (exact) mass is 816 g/mol. The lowest BCUT2D eigenvalue weighted by molar-refractivity contribution is -0.889. The van der Waals surface area contributed by atoms with Gasteiger partial charge < -0.3 is 28.6 Å². The predicted octanol–water partition coefficient (Wildman–Crippen LogP) is 11.9. The first-order valence-electron chi connectivity index (χ1n) is 23.7. The zero-order chi connectivity index (χ0) is 42.8. The number of carboxylic acids is 1. The Hall–Kier alpha value is -2.71. The molecule has 0 amide bonds. The van der Waals surface area contributed by atoms with Gasteiger partial charge in [0.15, 0.2) is 6.10 Å². The average molecular weight is 816 g/mol. The molecule has 0 aromatic rings. The molecule has 0 saturated carbocycles. The van der Waals surface area contributed by atoms with Crippen LogP contribution in [0.5, 0.6) is 0 Å². The highest BCUT2D eigenvalue weighted by molar-refractivity contribution is 5.70. The summed E-state index contributed by atoms with van der Waals surface area (Å²) < 4.78 is 17.2. The minimum absolute atomic E-state index is 0.0342. The van der Waals surface area contributed by atoms with Gasteiger partial charge in [-0.1, -0.05) is 152 Å². The van der Waals surface area contributed by atoms with Gasteiger partial charge in [0.05, 0.1) is 40.3 Å². The number of carbonyl (C=O) groups is 3. The molecule has 0 bridgehead atoms. The zero-order valence-electron chi connectivity index (χ0n) is 38.2. The molecule has 0 rings (SSSR count). The lowest BCUT2D eigenvalue weighted by Crippen LogP contribution is -2.55. The zero-order valence-corrected chi connectivity index (χ0v) is 38.2. The standard InChI is InChI=1S/C50H89NO7/c1-6-8-10-12-14-16-18-20-22-23-24-25-27-29-31-33-35-37-39-41-49(53)58-46(44-56-43-42-47(50(54)55)51(3,4)5)45-57-48(52)40-38-36-34-32-30-28-26-21-19-17-15-13-11-9-7-2/h14-17,20-22,26,46-47H,6-13,18-19,23-25,27-45H2,1-5H3/b16-14-,17-15-,22-20-,26-21-. The van der Waals surface area contributed by atoms with E-state index < -0.39 is 18.1 Å². The number of rotatable bonds is 42. The Kier molecular flexibility index (Phi) is 39.1. The van der Waals surface area contributed by atoms with Gasteiger partial charge in [-0.05, 0) is 77.0 Å². The number of quaternary nitrogens is 1. The number of nitrogens with zero attached hydrogens (tertiary/aromatic N) is 1. The molecule has 0 aromatic heterocycles. The average Bonchev–Trinajstić information content (AvgIpc) is 3.18. The lowest BCUT2D eigenvalue weighted by atomic mass is 10.1. The van der Waals surface area contributed by atoms with E-state index >= 15 is 0 Å². The molecular formula is C50H89NO7. The Morgan fingerprint density at radius 2 is 0.914 bits per heavy atom. The molecule has 336 valence electrons. The maximum Gasteiger partial charge on any atom is 0.306 e. The highest BCUT2D eigenvalue weighted by Crippen LogP contribution is 2.14. The van der Waals surface area contributed by atoms with E-state index in [9.17, 15) is 19.5 Å². The first-order valence-corrected chi connectivity index (χ1v) is 23.7. The molecule has 0 radical (unpaired) electrons. The van der Waals surface area contributed by atoms with Gasteiger partial charge >= 0.3 is 11.9 Å². The summed E-state index contributed by atoms with van der Waals surface area (Å²) in [5.41, 5.74) is 0. The summed E-state index contributed by atoms with van der Waals surface area (Å²) in [6, 6.07) is -0.729. The fraction of sp³-hybridized carbons (Fsp3) is 0.780. The number of hydrogen-bond donors (Lipinski definition) is 0. The van der Waals surface area contributed by atoms with Gasteiger partial charge in [0.1, 0.15) is 12.6 Å². The molecule has 0 spiro atoms. The van der Waals surface area contributed by atoms with Crippen LogP contribution in [-0.2, 0) is 28.6 Å². The second-order valence-corrected chi connectivity index (χ2v) is 17.0. The van der Waals surface area contributed by atoms with Gasteiger partial charge in [0, 0.05) is 19.3 Å². The largest absolute Gasteiger partial charge is 0.544 e. The molecule has 2 unspecified atom stereocenters. The number of allylic oxidation sites excluding steroid dienone is 8. The minimum Gasteiger partial charge on any atom is -0.544 e. The van der Waals surface area contributed by atoms with Crippen LogP contribution in [0.25, 0.3) is 0 Å². The normalized spacial score (nSPS) is 13.3. The molecule has 0 N–H and O–H groups in total. The number of ether oxygens (including phenoxy) is 3.